The van der Waals surface area contributed by atoms with Gasteiger partial charge in [0, 0.05) is 5.56 Å². The molecule has 0 spiro atoms. The molecule has 0 unspecified atom stereocenters. The Morgan fingerprint density at radius 3 is 2.26 bits per heavy atom. The highest BCUT2D eigenvalue weighted by Gasteiger charge is 2.22. The molecule has 180 valence electrons. The van der Waals surface area contributed by atoms with Crippen LogP contribution in [0.4, 0.5) is 5.69 Å². The molecule has 0 aromatic heterocycles. The van der Waals surface area contributed by atoms with Crippen LogP contribution >= 0.6 is 0 Å². The van der Waals surface area contributed by atoms with Gasteiger partial charge in [-0.15, -0.1) is 0 Å². The highest BCUT2D eigenvalue weighted by atomic mass is 32.2. The van der Waals surface area contributed by atoms with Crippen molar-refractivity contribution in [1.82, 2.24) is 5.32 Å². The van der Waals surface area contributed by atoms with E-state index >= 15 is 0 Å². The standard InChI is InChI=1S/C27H32N2O4S/c1-5-23-11-8-10-21(3)26(23)29(34(4,31)32)19-22-13-15-24(16-14-22)27(30)28-17-18-33-25-12-7-6-9-20(25)2/h6-16H,5,17-19H2,1-4H3,(H,28,30). The Bertz CT molecular complexity index is 1240. The maximum atomic E-state index is 12.7. The van der Waals surface area contributed by atoms with Crippen molar-refractivity contribution in [2.24, 2.45) is 0 Å². The molecule has 3 rings (SSSR count). The third-order valence-electron chi connectivity index (χ3n) is 5.63. The topological polar surface area (TPSA) is 75.7 Å². The number of carbonyl (C=O) groups excluding carboxylic acids is 1. The molecule has 0 bridgehead atoms. The van der Waals surface area contributed by atoms with Gasteiger partial charge in [-0.05, 0) is 60.7 Å². The van der Waals surface area contributed by atoms with Gasteiger partial charge >= 0.3 is 0 Å². The summed E-state index contributed by atoms with van der Waals surface area (Å²) in [4.78, 5) is 12.5. The van der Waals surface area contributed by atoms with Crippen LogP contribution in [0.2, 0.25) is 0 Å². The second-order valence-corrected chi connectivity index (χ2v) is 10.2. The molecule has 0 aliphatic rings. The van der Waals surface area contributed by atoms with E-state index in [9.17, 15) is 13.2 Å². The first kappa shape index (κ1) is 25.3. The Hall–Kier alpha value is -3.32. The van der Waals surface area contributed by atoms with Gasteiger partial charge in [0.25, 0.3) is 5.91 Å². The Kier molecular flexibility index (Phi) is 8.34. The normalized spacial score (nSPS) is 11.2. The van der Waals surface area contributed by atoms with E-state index in [1.165, 1.54) is 10.6 Å². The van der Waals surface area contributed by atoms with Crippen LogP contribution in [0.15, 0.2) is 66.7 Å². The van der Waals surface area contributed by atoms with Gasteiger partial charge in [0.05, 0.1) is 25.0 Å². The number of carbonyl (C=O) groups is 1. The fraction of sp³-hybridized carbons (Fsp3) is 0.296. The minimum Gasteiger partial charge on any atom is -0.491 e. The fourth-order valence-corrected chi connectivity index (χ4v) is 4.77. The van der Waals surface area contributed by atoms with Crippen LogP contribution in [0.3, 0.4) is 0 Å². The monoisotopic (exact) mass is 480 g/mol. The largest absolute Gasteiger partial charge is 0.491 e. The number of benzene rings is 3. The molecule has 0 fully saturated rings. The molecule has 34 heavy (non-hydrogen) atoms. The van der Waals surface area contributed by atoms with E-state index in [2.05, 4.69) is 5.32 Å². The Morgan fingerprint density at radius 1 is 0.941 bits per heavy atom. The zero-order valence-corrected chi connectivity index (χ0v) is 21.0. The van der Waals surface area contributed by atoms with Gasteiger partial charge < -0.3 is 10.1 Å². The zero-order valence-electron chi connectivity index (χ0n) is 20.2. The summed E-state index contributed by atoms with van der Waals surface area (Å²) in [6.07, 6.45) is 1.95. The van der Waals surface area contributed by atoms with E-state index in [0.29, 0.717) is 18.7 Å². The fourth-order valence-electron chi connectivity index (χ4n) is 3.80. The van der Waals surface area contributed by atoms with Crippen molar-refractivity contribution in [3.8, 4) is 5.75 Å². The van der Waals surface area contributed by atoms with Gasteiger partial charge in [-0.25, -0.2) is 8.42 Å². The summed E-state index contributed by atoms with van der Waals surface area (Å²) in [6, 6.07) is 20.6. The van der Waals surface area contributed by atoms with Crippen LogP contribution in [0.5, 0.6) is 5.75 Å². The molecule has 0 heterocycles. The minimum atomic E-state index is -3.50. The predicted molar refractivity (Wildman–Crippen MR) is 137 cm³/mol. The smallest absolute Gasteiger partial charge is 0.251 e. The number of aryl methyl sites for hydroxylation is 3. The third kappa shape index (κ3) is 6.38. The van der Waals surface area contributed by atoms with Gasteiger partial charge in [-0.2, -0.15) is 0 Å². The molecular weight excluding hydrogens is 448 g/mol. The highest BCUT2D eigenvalue weighted by molar-refractivity contribution is 7.92. The molecule has 0 saturated carbocycles. The van der Waals surface area contributed by atoms with Crippen molar-refractivity contribution in [3.05, 3.63) is 94.5 Å². The molecule has 0 aliphatic heterocycles. The van der Waals surface area contributed by atoms with Gasteiger partial charge in [0.1, 0.15) is 12.4 Å². The van der Waals surface area contributed by atoms with Gasteiger partial charge in [-0.1, -0.05) is 55.5 Å². The van der Waals surface area contributed by atoms with Gasteiger partial charge in [0.2, 0.25) is 10.0 Å². The molecule has 0 radical (unpaired) electrons. The number of ether oxygens (including phenoxy) is 1. The lowest BCUT2D eigenvalue weighted by atomic mass is 10.1. The van der Waals surface area contributed by atoms with E-state index in [-0.39, 0.29) is 12.5 Å². The summed E-state index contributed by atoms with van der Waals surface area (Å²) in [5, 5.41) is 2.85. The summed E-state index contributed by atoms with van der Waals surface area (Å²) < 4.78 is 32.5. The van der Waals surface area contributed by atoms with Crippen LogP contribution in [0.1, 0.15) is 39.5 Å². The van der Waals surface area contributed by atoms with E-state index in [0.717, 1.165) is 40.1 Å². The Balaban J connectivity index is 1.65. The van der Waals surface area contributed by atoms with Crippen molar-refractivity contribution < 1.29 is 17.9 Å². The zero-order chi connectivity index (χ0) is 24.7. The first-order valence-corrected chi connectivity index (χ1v) is 13.2. The van der Waals surface area contributed by atoms with Crippen molar-refractivity contribution in [1.29, 1.82) is 0 Å². The highest BCUT2D eigenvalue weighted by Crippen LogP contribution is 2.29. The molecule has 0 atom stereocenters. The second-order valence-electron chi connectivity index (χ2n) is 8.27. The maximum Gasteiger partial charge on any atom is 0.251 e. The van der Waals surface area contributed by atoms with Crippen LogP contribution < -0.4 is 14.4 Å². The molecule has 0 aliphatic carbocycles. The SMILES string of the molecule is CCc1cccc(C)c1N(Cc1ccc(C(=O)NCCOc2ccccc2C)cc1)S(C)(=O)=O. The van der Waals surface area contributed by atoms with Crippen LogP contribution in [0, 0.1) is 13.8 Å². The Labute approximate surface area is 202 Å². The van der Waals surface area contributed by atoms with E-state index in [4.69, 9.17) is 4.74 Å². The number of anilines is 1. The molecule has 6 nitrogen and oxygen atoms in total. The number of hydrogen-bond donors (Lipinski definition) is 1. The summed E-state index contributed by atoms with van der Waals surface area (Å²) in [7, 11) is -3.50. The first-order valence-electron chi connectivity index (χ1n) is 11.3. The lowest BCUT2D eigenvalue weighted by Gasteiger charge is -2.26. The second kappa shape index (κ2) is 11.2. The number of amides is 1. The van der Waals surface area contributed by atoms with Crippen molar-refractivity contribution in [2.75, 3.05) is 23.7 Å². The predicted octanol–water partition coefficient (Wildman–Crippen LogP) is 4.64. The lowest BCUT2D eigenvalue weighted by molar-refractivity contribution is 0.0947. The quantitative estimate of drug-likeness (QED) is 0.429. The average molecular weight is 481 g/mol. The number of nitrogens with zero attached hydrogens (tertiary/aromatic N) is 1. The van der Waals surface area contributed by atoms with E-state index in [1.54, 1.807) is 24.3 Å². The number of sulfonamides is 1. The third-order valence-corrected chi connectivity index (χ3v) is 6.75. The minimum absolute atomic E-state index is 0.197. The molecule has 7 heteroatoms. The molecule has 1 amide bonds. The summed E-state index contributed by atoms with van der Waals surface area (Å²) in [5.74, 6) is 0.600. The van der Waals surface area contributed by atoms with E-state index in [1.807, 2.05) is 63.2 Å². The number of nitrogens with one attached hydrogen (secondary N) is 1. The van der Waals surface area contributed by atoms with Crippen LogP contribution in [-0.2, 0) is 23.0 Å². The number of hydrogen-bond acceptors (Lipinski definition) is 4. The number of rotatable bonds is 10. The summed E-state index contributed by atoms with van der Waals surface area (Å²) in [6.45, 7) is 6.85. The summed E-state index contributed by atoms with van der Waals surface area (Å²) in [5.41, 5.74) is 4.97. The maximum absolute atomic E-state index is 12.7. The van der Waals surface area contributed by atoms with Gasteiger partial charge in [-0.3, -0.25) is 9.10 Å². The van der Waals surface area contributed by atoms with E-state index < -0.39 is 10.0 Å². The summed E-state index contributed by atoms with van der Waals surface area (Å²) >= 11 is 0. The molecule has 0 saturated heterocycles. The molecular formula is C27H32N2O4S. The molecule has 3 aromatic carbocycles. The first-order chi connectivity index (χ1) is 16.2. The van der Waals surface area contributed by atoms with Crippen LogP contribution in [-0.4, -0.2) is 33.7 Å². The Morgan fingerprint density at radius 2 is 1.62 bits per heavy atom. The van der Waals surface area contributed by atoms with Crippen LogP contribution in [0.25, 0.3) is 0 Å². The van der Waals surface area contributed by atoms with Crippen molar-refractivity contribution >= 4 is 21.6 Å². The average Bonchev–Trinajstić information content (AvgIpc) is 2.81. The van der Waals surface area contributed by atoms with Crippen molar-refractivity contribution in [2.45, 2.75) is 33.7 Å². The van der Waals surface area contributed by atoms with Gasteiger partial charge in [0.15, 0.2) is 0 Å². The lowest BCUT2D eigenvalue weighted by Crippen LogP contribution is -2.31. The van der Waals surface area contributed by atoms with Crippen molar-refractivity contribution in [3.63, 3.8) is 0 Å². The number of para-hydroxylation sites is 2. The molecule has 3 aromatic rings. The molecule has 1 N–H and O–H groups in total.